The number of carbonyl (C=O) groups is 1. The molecule has 0 aliphatic carbocycles. The second-order valence-corrected chi connectivity index (χ2v) is 5.45. The number of aromatic nitrogens is 2. The molecule has 0 unspecified atom stereocenters. The van der Waals surface area contributed by atoms with Gasteiger partial charge < -0.3 is 8.83 Å². The van der Waals surface area contributed by atoms with Gasteiger partial charge in [-0.1, -0.05) is 34.9 Å². The zero-order valence-electron chi connectivity index (χ0n) is 13.2. The molecule has 0 aliphatic heterocycles. The Balaban J connectivity index is 1.69. The minimum Gasteiger partial charge on any atom is -0.466 e. The maximum Gasteiger partial charge on any atom is 0.322 e. The highest BCUT2D eigenvalue weighted by Crippen LogP contribution is 2.26. The standard InChI is InChI=1S/C17H17N3O3/c1-10-5-4-6-13(7-10)9-15(21)18-17-20-19-16(23-17)14-8-11(2)22-12(14)3/h4-8H,9H2,1-3H3,(H,18,20,21). The number of carbonyl (C=O) groups excluding carboxylic acids is 1. The van der Waals surface area contributed by atoms with Crippen molar-refractivity contribution in [2.24, 2.45) is 0 Å². The monoisotopic (exact) mass is 311 g/mol. The summed E-state index contributed by atoms with van der Waals surface area (Å²) in [4.78, 5) is 12.1. The van der Waals surface area contributed by atoms with Gasteiger partial charge in [0.05, 0.1) is 12.0 Å². The Kier molecular flexibility index (Phi) is 3.97. The molecule has 0 aliphatic rings. The number of nitrogens with one attached hydrogen (secondary N) is 1. The van der Waals surface area contributed by atoms with Crippen LogP contribution in [0.4, 0.5) is 6.01 Å². The number of anilines is 1. The van der Waals surface area contributed by atoms with Gasteiger partial charge in [0.15, 0.2) is 0 Å². The molecule has 0 fully saturated rings. The lowest BCUT2D eigenvalue weighted by Crippen LogP contribution is -2.14. The minimum absolute atomic E-state index is 0.0795. The summed E-state index contributed by atoms with van der Waals surface area (Å²) in [7, 11) is 0. The maximum atomic E-state index is 12.1. The fourth-order valence-electron chi connectivity index (χ4n) is 2.40. The van der Waals surface area contributed by atoms with Crippen LogP contribution in [-0.4, -0.2) is 16.1 Å². The van der Waals surface area contributed by atoms with Crippen LogP contribution in [0.1, 0.15) is 22.6 Å². The fraction of sp³-hybridized carbons (Fsp3) is 0.235. The van der Waals surface area contributed by atoms with E-state index in [0.717, 1.165) is 22.5 Å². The highest BCUT2D eigenvalue weighted by molar-refractivity contribution is 5.90. The minimum atomic E-state index is -0.203. The van der Waals surface area contributed by atoms with Crippen molar-refractivity contribution in [3.05, 3.63) is 53.0 Å². The van der Waals surface area contributed by atoms with Crippen molar-refractivity contribution in [3.8, 4) is 11.5 Å². The van der Waals surface area contributed by atoms with Gasteiger partial charge in [-0.05, 0) is 32.4 Å². The molecule has 118 valence electrons. The molecule has 0 atom stereocenters. The predicted molar refractivity (Wildman–Crippen MR) is 85.0 cm³/mol. The molecule has 0 radical (unpaired) electrons. The van der Waals surface area contributed by atoms with E-state index in [0.29, 0.717) is 11.7 Å². The Labute approximate surface area is 133 Å². The number of benzene rings is 1. The second-order valence-electron chi connectivity index (χ2n) is 5.45. The zero-order chi connectivity index (χ0) is 16.4. The first-order valence-corrected chi connectivity index (χ1v) is 7.27. The van der Waals surface area contributed by atoms with Gasteiger partial charge in [0.1, 0.15) is 11.5 Å². The summed E-state index contributed by atoms with van der Waals surface area (Å²) < 4.78 is 10.9. The fourth-order valence-corrected chi connectivity index (χ4v) is 2.40. The van der Waals surface area contributed by atoms with E-state index in [1.807, 2.05) is 51.1 Å². The van der Waals surface area contributed by atoms with Gasteiger partial charge in [0.25, 0.3) is 5.89 Å². The number of nitrogens with zero attached hydrogens (tertiary/aromatic N) is 2. The second kappa shape index (κ2) is 6.08. The normalized spacial score (nSPS) is 10.7. The number of rotatable bonds is 4. The molecule has 0 saturated heterocycles. The first kappa shape index (κ1) is 15.0. The van der Waals surface area contributed by atoms with Crippen molar-refractivity contribution in [2.45, 2.75) is 27.2 Å². The topological polar surface area (TPSA) is 81.2 Å². The van der Waals surface area contributed by atoms with E-state index in [2.05, 4.69) is 15.5 Å². The Morgan fingerprint density at radius 2 is 1.96 bits per heavy atom. The summed E-state index contributed by atoms with van der Waals surface area (Å²) >= 11 is 0. The molecule has 1 amide bonds. The van der Waals surface area contributed by atoms with Crippen LogP contribution in [0.3, 0.4) is 0 Å². The summed E-state index contributed by atoms with van der Waals surface area (Å²) in [6, 6.07) is 9.69. The van der Waals surface area contributed by atoms with E-state index in [4.69, 9.17) is 8.83 Å². The van der Waals surface area contributed by atoms with Crippen LogP contribution in [0.25, 0.3) is 11.5 Å². The van der Waals surface area contributed by atoms with Gasteiger partial charge >= 0.3 is 6.01 Å². The van der Waals surface area contributed by atoms with Crippen molar-refractivity contribution in [1.82, 2.24) is 10.2 Å². The van der Waals surface area contributed by atoms with Gasteiger partial charge in [-0.3, -0.25) is 10.1 Å². The summed E-state index contributed by atoms with van der Waals surface area (Å²) in [5.74, 6) is 1.58. The average molecular weight is 311 g/mol. The summed E-state index contributed by atoms with van der Waals surface area (Å²) in [5.41, 5.74) is 2.78. The molecule has 3 aromatic rings. The number of hydrogen-bond donors (Lipinski definition) is 1. The van der Waals surface area contributed by atoms with Crippen LogP contribution in [-0.2, 0) is 11.2 Å². The number of furan rings is 1. The lowest BCUT2D eigenvalue weighted by atomic mass is 10.1. The van der Waals surface area contributed by atoms with Crippen molar-refractivity contribution in [2.75, 3.05) is 5.32 Å². The molecular formula is C17H17N3O3. The van der Waals surface area contributed by atoms with Crippen molar-refractivity contribution >= 4 is 11.9 Å². The largest absolute Gasteiger partial charge is 0.466 e. The molecule has 1 aromatic carbocycles. The maximum absolute atomic E-state index is 12.1. The quantitative estimate of drug-likeness (QED) is 0.798. The molecule has 0 saturated carbocycles. The van der Waals surface area contributed by atoms with Crippen molar-refractivity contribution in [3.63, 3.8) is 0 Å². The van der Waals surface area contributed by atoms with Gasteiger partial charge in [-0.25, -0.2) is 0 Å². The molecule has 6 heteroatoms. The summed E-state index contributed by atoms with van der Waals surface area (Å²) in [6.45, 7) is 5.65. The zero-order valence-corrected chi connectivity index (χ0v) is 13.2. The molecule has 23 heavy (non-hydrogen) atoms. The average Bonchev–Trinajstić information content (AvgIpc) is 3.05. The van der Waals surface area contributed by atoms with Crippen LogP contribution >= 0.6 is 0 Å². The van der Waals surface area contributed by atoms with Crippen molar-refractivity contribution < 1.29 is 13.6 Å². The molecule has 2 heterocycles. The van der Waals surface area contributed by atoms with Gasteiger partial charge in [-0.15, -0.1) is 5.10 Å². The molecule has 2 aromatic heterocycles. The van der Waals surface area contributed by atoms with Crippen LogP contribution in [0.5, 0.6) is 0 Å². The van der Waals surface area contributed by atoms with E-state index in [-0.39, 0.29) is 18.3 Å². The molecule has 6 nitrogen and oxygen atoms in total. The first-order valence-electron chi connectivity index (χ1n) is 7.27. The van der Waals surface area contributed by atoms with E-state index in [9.17, 15) is 4.79 Å². The number of aryl methyl sites for hydroxylation is 3. The molecular weight excluding hydrogens is 294 g/mol. The Morgan fingerprint density at radius 1 is 1.13 bits per heavy atom. The smallest absolute Gasteiger partial charge is 0.322 e. The van der Waals surface area contributed by atoms with E-state index in [1.54, 1.807) is 0 Å². The highest BCUT2D eigenvalue weighted by Gasteiger charge is 2.16. The summed E-state index contributed by atoms with van der Waals surface area (Å²) in [5, 5.41) is 10.4. The lowest BCUT2D eigenvalue weighted by Gasteiger charge is -2.02. The van der Waals surface area contributed by atoms with Crippen molar-refractivity contribution in [1.29, 1.82) is 0 Å². The van der Waals surface area contributed by atoms with Crippen LogP contribution in [0.2, 0.25) is 0 Å². The SMILES string of the molecule is Cc1cccc(CC(=O)Nc2nnc(-c3cc(C)oc3C)o2)c1. The number of hydrogen-bond acceptors (Lipinski definition) is 5. The van der Waals surface area contributed by atoms with Gasteiger partial charge in [0, 0.05) is 0 Å². The number of amides is 1. The summed E-state index contributed by atoms with van der Waals surface area (Å²) in [6.07, 6.45) is 0.253. The first-order chi connectivity index (χ1) is 11.0. The van der Waals surface area contributed by atoms with Crippen LogP contribution < -0.4 is 5.32 Å². The van der Waals surface area contributed by atoms with Crippen LogP contribution in [0.15, 0.2) is 39.2 Å². The van der Waals surface area contributed by atoms with E-state index in [1.165, 1.54) is 0 Å². The molecule has 3 rings (SSSR count). The van der Waals surface area contributed by atoms with E-state index >= 15 is 0 Å². The molecule has 1 N–H and O–H groups in total. The third-order valence-corrected chi connectivity index (χ3v) is 3.39. The van der Waals surface area contributed by atoms with Gasteiger partial charge in [-0.2, -0.15) is 0 Å². The molecule has 0 spiro atoms. The highest BCUT2D eigenvalue weighted by atomic mass is 16.4. The third kappa shape index (κ3) is 3.48. The third-order valence-electron chi connectivity index (χ3n) is 3.39. The van der Waals surface area contributed by atoms with E-state index < -0.39 is 0 Å². The predicted octanol–water partition coefficient (Wildman–Crippen LogP) is 3.44. The van der Waals surface area contributed by atoms with Gasteiger partial charge in [0.2, 0.25) is 5.91 Å². The Hall–Kier alpha value is -2.89. The lowest BCUT2D eigenvalue weighted by molar-refractivity contribution is -0.115. The Morgan fingerprint density at radius 3 is 2.65 bits per heavy atom. The Bertz CT molecular complexity index is 848. The molecule has 0 bridgehead atoms. The van der Waals surface area contributed by atoms with Crippen LogP contribution in [0, 0.1) is 20.8 Å².